The SMILES string of the molecule is CC[C@H](Oc1ccc(C(C)(C)C)cc1)C(=O)N(C)Cc1nc(-c2cccc(OC)c2)no1. The Morgan fingerprint density at radius 2 is 1.84 bits per heavy atom. The molecule has 3 rings (SSSR count). The average molecular weight is 438 g/mol. The predicted molar refractivity (Wildman–Crippen MR) is 123 cm³/mol. The number of carbonyl (C=O) groups excluding carboxylic acids is 1. The minimum Gasteiger partial charge on any atom is -0.497 e. The van der Waals surface area contributed by atoms with Crippen molar-refractivity contribution >= 4 is 5.91 Å². The number of hydrogen-bond donors (Lipinski definition) is 0. The van der Waals surface area contributed by atoms with E-state index in [1.807, 2.05) is 55.5 Å². The number of rotatable bonds is 8. The summed E-state index contributed by atoms with van der Waals surface area (Å²) in [4.78, 5) is 18.9. The van der Waals surface area contributed by atoms with Gasteiger partial charge in [-0.25, -0.2) is 0 Å². The number of benzene rings is 2. The lowest BCUT2D eigenvalue weighted by Crippen LogP contribution is -2.39. The number of aromatic nitrogens is 2. The third kappa shape index (κ3) is 5.66. The predicted octanol–water partition coefficient (Wildman–Crippen LogP) is 4.86. The molecule has 0 bridgehead atoms. The van der Waals surface area contributed by atoms with Crippen LogP contribution in [0.25, 0.3) is 11.4 Å². The van der Waals surface area contributed by atoms with E-state index in [-0.39, 0.29) is 17.9 Å². The Hall–Kier alpha value is -3.35. The maximum atomic E-state index is 13.0. The third-order valence-electron chi connectivity index (χ3n) is 5.19. The number of nitrogens with zero attached hydrogens (tertiary/aromatic N) is 3. The Kier molecular flexibility index (Phi) is 7.18. The van der Waals surface area contributed by atoms with E-state index in [9.17, 15) is 4.79 Å². The molecule has 170 valence electrons. The molecule has 0 aliphatic heterocycles. The summed E-state index contributed by atoms with van der Waals surface area (Å²) in [5.41, 5.74) is 2.05. The smallest absolute Gasteiger partial charge is 0.263 e. The van der Waals surface area contributed by atoms with E-state index in [1.54, 1.807) is 19.1 Å². The molecule has 0 N–H and O–H groups in total. The normalized spacial score (nSPS) is 12.3. The fourth-order valence-corrected chi connectivity index (χ4v) is 3.23. The molecule has 1 amide bonds. The van der Waals surface area contributed by atoms with Gasteiger partial charge in [0.05, 0.1) is 13.7 Å². The lowest BCUT2D eigenvalue weighted by Gasteiger charge is -2.23. The highest BCUT2D eigenvalue weighted by Gasteiger charge is 2.24. The van der Waals surface area contributed by atoms with E-state index in [2.05, 4.69) is 30.9 Å². The van der Waals surface area contributed by atoms with Crippen LogP contribution < -0.4 is 9.47 Å². The largest absolute Gasteiger partial charge is 0.497 e. The molecule has 0 fully saturated rings. The molecule has 1 heterocycles. The lowest BCUT2D eigenvalue weighted by atomic mass is 9.87. The first-order valence-corrected chi connectivity index (χ1v) is 10.7. The fourth-order valence-electron chi connectivity index (χ4n) is 3.23. The van der Waals surface area contributed by atoms with Crippen LogP contribution >= 0.6 is 0 Å². The molecule has 1 atom stereocenters. The first-order chi connectivity index (χ1) is 15.2. The lowest BCUT2D eigenvalue weighted by molar-refractivity contribution is -0.138. The van der Waals surface area contributed by atoms with Gasteiger partial charge in [-0.05, 0) is 41.7 Å². The van der Waals surface area contributed by atoms with Crippen LogP contribution in [-0.4, -0.2) is 41.2 Å². The average Bonchev–Trinajstić information content (AvgIpc) is 3.25. The second-order valence-corrected chi connectivity index (χ2v) is 8.73. The maximum absolute atomic E-state index is 13.0. The van der Waals surface area contributed by atoms with Gasteiger partial charge in [0.15, 0.2) is 6.10 Å². The zero-order valence-corrected chi connectivity index (χ0v) is 19.6. The quantitative estimate of drug-likeness (QED) is 0.501. The molecule has 0 saturated carbocycles. The summed E-state index contributed by atoms with van der Waals surface area (Å²) in [6, 6.07) is 15.3. The Morgan fingerprint density at radius 3 is 2.47 bits per heavy atom. The van der Waals surface area contributed by atoms with Crippen LogP contribution in [0.1, 0.15) is 45.6 Å². The van der Waals surface area contributed by atoms with Crippen LogP contribution in [-0.2, 0) is 16.8 Å². The van der Waals surface area contributed by atoms with Crippen molar-refractivity contribution in [3.8, 4) is 22.9 Å². The molecule has 0 unspecified atom stereocenters. The maximum Gasteiger partial charge on any atom is 0.263 e. The van der Waals surface area contributed by atoms with E-state index in [0.29, 0.717) is 29.6 Å². The highest BCUT2D eigenvalue weighted by molar-refractivity contribution is 5.81. The summed E-state index contributed by atoms with van der Waals surface area (Å²) in [5.74, 6) is 2.03. The molecular formula is C25H31N3O4. The number of methoxy groups -OCH3 is 1. The van der Waals surface area contributed by atoms with Crippen molar-refractivity contribution in [1.29, 1.82) is 0 Å². The molecule has 0 spiro atoms. The topological polar surface area (TPSA) is 77.7 Å². The molecule has 32 heavy (non-hydrogen) atoms. The molecule has 0 aliphatic rings. The number of hydrogen-bond acceptors (Lipinski definition) is 6. The fraction of sp³-hybridized carbons (Fsp3) is 0.400. The molecule has 7 heteroatoms. The van der Waals surface area contributed by atoms with Gasteiger partial charge in [-0.1, -0.05) is 57.1 Å². The van der Waals surface area contributed by atoms with Crippen LogP contribution in [0.2, 0.25) is 0 Å². The van der Waals surface area contributed by atoms with E-state index in [1.165, 1.54) is 5.56 Å². The molecule has 3 aromatic rings. The highest BCUT2D eigenvalue weighted by Crippen LogP contribution is 2.25. The summed E-state index contributed by atoms with van der Waals surface area (Å²) < 4.78 is 16.6. The zero-order valence-electron chi connectivity index (χ0n) is 19.6. The Bertz CT molecular complexity index is 1040. The number of amides is 1. The minimum atomic E-state index is -0.596. The van der Waals surface area contributed by atoms with Gasteiger partial charge in [-0.3, -0.25) is 4.79 Å². The van der Waals surface area contributed by atoms with Crippen molar-refractivity contribution in [2.24, 2.45) is 0 Å². The van der Waals surface area contributed by atoms with Crippen molar-refractivity contribution in [3.63, 3.8) is 0 Å². The van der Waals surface area contributed by atoms with Crippen molar-refractivity contribution in [3.05, 3.63) is 60.0 Å². The zero-order chi connectivity index (χ0) is 23.3. The molecule has 0 radical (unpaired) electrons. The monoisotopic (exact) mass is 437 g/mol. The first kappa shape index (κ1) is 23.3. The molecule has 2 aromatic carbocycles. The number of likely N-dealkylation sites (N-methyl/N-ethyl adjacent to an activating group) is 1. The van der Waals surface area contributed by atoms with Crippen LogP contribution in [0.5, 0.6) is 11.5 Å². The Balaban J connectivity index is 1.64. The van der Waals surface area contributed by atoms with Crippen LogP contribution in [0.3, 0.4) is 0 Å². The Labute approximate surface area is 189 Å². The van der Waals surface area contributed by atoms with Crippen LogP contribution in [0.15, 0.2) is 53.1 Å². The van der Waals surface area contributed by atoms with E-state index < -0.39 is 6.10 Å². The second-order valence-electron chi connectivity index (χ2n) is 8.73. The second kappa shape index (κ2) is 9.85. The summed E-state index contributed by atoms with van der Waals surface area (Å²) >= 11 is 0. The van der Waals surface area contributed by atoms with Gasteiger partial charge in [0.2, 0.25) is 11.7 Å². The molecule has 7 nitrogen and oxygen atoms in total. The standard InChI is InChI=1S/C25H31N3O4/c1-7-21(31-19-13-11-18(12-14-19)25(2,3)4)24(29)28(5)16-22-26-23(27-32-22)17-9-8-10-20(15-17)30-6/h8-15,21H,7,16H2,1-6H3/t21-/m0/s1. The molecule has 0 saturated heterocycles. The number of ether oxygens (including phenoxy) is 2. The van der Waals surface area contributed by atoms with E-state index in [4.69, 9.17) is 14.0 Å². The van der Waals surface area contributed by atoms with Crippen molar-refractivity contribution in [2.45, 2.75) is 52.2 Å². The van der Waals surface area contributed by atoms with Gasteiger partial charge in [0.25, 0.3) is 5.91 Å². The molecular weight excluding hydrogens is 406 g/mol. The summed E-state index contributed by atoms with van der Waals surface area (Å²) in [6.07, 6.45) is -0.0513. The molecule has 1 aromatic heterocycles. The summed E-state index contributed by atoms with van der Waals surface area (Å²) in [5, 5.41) is 4.02. The third-order valence-corrected chi connectivity index (χ3v) is 5.19. The minimum absolute atomic E-state index is 0.0620. The van der Waals surface area contributed by atoms with Gasteiger partial charge >= 0.3 is 0 Å². The van der Waals surface area contributed by atoms with Crippen LogP contribution in [0.4, 0.5) is 0 Å². The molecule has 0 aliphatic carbocycles. The van der Waals surface area contributed by atoms with Gasteiger partial charge in [0.1, 0.15) is 11.5 Å². The Morgan fingerprint density at radius 1 is 1.12 bits per heavy atom. The van der Waals surface area contributed by atoms with Crippen molar-refractivity contribution < 1.29 is 18.8 Å². The highest BCUT2D eigenvalue weighted by atomic mass is 16.5. The van der Waals surface area contributed by atoms with Gasteiger partial charge < -0.3 is 18.9 Å². The van der Waals surface area contributed by atoms with Crippen molar-refractivity contribution in [2.75, 3.05) is 14.2 Å². The van der Waals surface area contributed by atoms with Gasteiger partial charge in [-0.15, -0.1) is 0 Å². The first-order valence-electron chi connectivity index (χ1n) is 10.7. The van der Waals surface area contributed by atoms with E-state index >= 15 is 0 Å². The number of carbonyl (C=O) groups is 1. The van der Waals surface area contributed by atoms with E-state index in [0.717, 1.165) is 5.56 Å². The van der Waals surface area contributed by atoms with Crippen molar-refractivity contribution in [1.82, 2.24) is 15.0 Å². The van der Waals surface area contributed by atoms with Gasteiger partial charge in [-0.2, -0.15) is 4.98 Å². The van der Waals surface area contributed by atoms with Gasteiger partial charge in [0, 0.05) is 12.6 Å². The summed E-state index contributed by atoms with van der Waals surface area (Å²) in [7, 11) is 3.30. The van der Waals surface area contributed by atoms with Crippen LogP contribution in [0, 0.1) is 0 Å². The summed E-state index contributed by atoms with van der Waals surface area (Å²) in [6.45, 7) is 8.60.